The predicted molar refractivity (Wildman–Crippen MR) is 73.8 cm³/mol. The summed E-state index contributed by atoms with van der Waals surface area (Å²) in [5, 5.41) is 0. The smallest absolute Gasteiger partial charge is 0.310 e. The summed E-state index contributed by atoms with van der Waals surface area (Å²) in [6.45, 7) is 0. The van der Waals surface area contributed by atoms with Crippen LogP contribution in [0.5, 0.6) is 0 Å². The zero-order valence-corrected chi connectivity index (χ0v) is 11.9. The minimum Gasteiger partial charge on any atom is -0.469 e. The Morgan fingerprint density at radius 2 is 2.00 bits per heavy atom. The Kier molecular flexibility index (Phi) is 3.50. The highest BCUT2D eigenvalue weighted by Crippen LogP contribution is 2.46. The molecule has 3 nitrogen and oxygen atoms in total. The Hall–Kier alpha value is -1.42. The number of rotatable bonds is 2. The number of methoxy groups -OCH3 is 1. The van der Waals surface area contributed by atoms with Crippen LogP contribution in [0.3, 0.4) is 0 Å². The first kappa shape index (κ1) is 13.6. The van der Waals surface area contributed by atoms with Crippen molar-refractivity contribution < 1.29 is 13.9 Å². The number of fused-ring (bicyclic) bond motifs is 2. The van der Waals surface area contributed by atoms with E-state index in [0.29, 0.717) is 6.04 Å². The molecule has 4 unspecified atom stereocenters. The molecule has 4 atom stereocenters. The van der Waals surface area contributed by atoms with Crippen molar-refractivity contribution in [1.29, 1.82) is 0 Å². The lowest BCUT2D eigenvalue weighted by atomic mass is 9.76. The molecule has 0 saturated carbocycles. The number of esters is 1. The summed E-state index contributed by atoms with van der Waals surface area (Å²) in [6, 6.07) is 7.34. The van der Waals surface area contributed by atoms with Crippen LogP contribution in [0.1, 0.15) is 30.7 Å². The van der Waals surface area contributed by atoms with Crippen LogP contribution < -0.4 is 0 Å². The topological polar surface area (TPSA) is 29.5 Å². The molecule has 0 radical (unpaired) electrons. The van der Waals surface area contributed by atoms with Gasteiger partial charge in [-0.1, -0.05) is 12.1 Å². The first-order valence-corrected chi connectivity index (χ1v) is 7.17. The van der Waals surface area contributed by atoms with Gasteiger partial charge in [0.15, 0.2) is 0 Å². The fourth-order valence-electron chi connectivity index (χ4n) is 3.98. The van der Waals surface area contributed by atoms with Gasteiger partial charge in [-0.2, -0.15) is 0 Å². The molecule has 2 aliphatic rings. The number of carbonyl (C=O) groups excluding carboxylic acids is 1. The molecule has 2 aliphatic heterocycles. The van der Waals surface area contributed by atoms with Crippen LogP contribution in [0.25, 0.3) is 0 Å². The fourth-order valence-corrected chi connectivity index (χ4v) is 3.98. The van der Waals surface area contributed by atoms with Gasteiger partial charge in [-0.05, 0) is 44.0 Å². The molecule has 20 heavy (non-hydrogen) atoms. The van der Waals surface area contributed by atoms with Crippen LogP contribution in [-0.4, -0.2) is 37.1 Å². The van der Waals surface area contributed by atoms with Gasteiger partial charge in [0.25, 0.3) is 0 Å². The monoisotopic (exact) mass is 276 g/mol. The second kappa shape index (κ2) is 5.17. The Morgan fingerprint density at radius 3 is 2.65 bits per heavy atom. The van der Waals surface area contributed by atoms with Gasteiger partial charge >= 0.3 is 5.97 Å². The lowest BCUT2D eigenvalue weighted by Gasteiger charge is -2.41. The van der Waals surface area contributed by atoms with Crippen LogP contribution in [0, 0.1) is 11.7 Å². The number of carbonyl (C=O) groups is 1. The van der Waals surface area contributed by atoms with Crippen molar-refractivity contribution in [2.75, 3.05) is 14.2 Å². The molecule has 0 aromatic heterocycles. The summed E-state index contributed by atoms with van der Waals surface area (Å²) in [5.74, 6) is -0.387. The molecule has 2 bridgehead atoms. The van der Waals surface area contributed by atoms with Crippen molar-refractivity contribution in [2.24, 2.45) is 5.92 Å². The summed E-state index contributed by atoms with van der Waals surface area (Å²) in [6.07, 6.45) is 3.11. The number of piperidine rings is 1. The fraction of sp³-hybridized carbons (Fsp3) is 0.562. The third-order valence-electron chi connectivity index (χ3n) is 5.04. The van der Waals surface area contributed by atoms with E-state index < -0.39 is 0 Å². The van der Waals surface area contributed by atoms with Crippen molar-refractivity contribution >= 4 is 5.97 Å². The van der Waals surface area contributed by atoms with Crippen LogP contribution in [0.2, 0.25) is 0 Å². The number of hydrogen-bond acceptors (Lipinski definition) is 3. The first-order valence-electron chi connectivity index (χ1n) is 7.17. The van der Waals surface area contributed by atoms with E-state index in [4.69, 9.17) is 4.74 Å². The first-order chi connectivity index (χ1) is 9.61. The second-order valence-electron chi connectivity index (χ2n) is 5.91. The van der Waals surface area contributed by atoms with Crippen LogP contribution >= 0.6 is 0 Å². The molecular weight excluding hydrogens is 256 g/mol. The van der Waals surface area contributed by atoms with E-state index in [0.717, 1.165) is 24.8 Å². The maximum Gasteiger partial charge on any atom is 0.310 e. The van der Waals surface area contributed by atoms with Gasteiger partial charge in [0.05, 0.1) is 13.0 Å². The van der Waals surface area contributed by atoms with E-state index >= 15 is 0 Å². The molecule has 2 fully saturated rings. The maximum atomic E-state index is 13.1. The minimum atomic E-state index is -0.237. The Labute approximate surface area is 118 Å². The third kappa shape index (κ3) is 2.12. The number of nitrogens with zero attached hydrogens (tertiary/aromatic N) is 1. The predicted octanol–water partition coefficient (Wildman–Crippen LogP) is 2.57. The minimum absolute atomic E-state index is 0.136. The molecule has 4 heteroatoms. The van der Waals surface area contributed by atoms with Gasteiger partial charge in [0, 0.05) is 18.0 Å². The molecule has 3 rings (SSSR count). The zero-order valence-electron chi connectivity index (χ0n) is 11.9. The lowest BCUT2D eigenvalue weighted by Crippen LogP contribution is -2.49. The maximum absolute atomic E-state index is 13.1. The average Bonchev–Trinajstić information content (AvgIpc) is 2.70. The summed E-state index contributed by atoms with van der Waals surface area (Å²) in [4.78, 5) is 14.5. The molecule has 2 heterocycles. The summed E-state index contributed by atoms with van der Waals surface area (Å²) >= 11 is 0. The highest BCUT2D eigenvalue weighted by molar-refractivity contribution is 5.75. The number of halogens is 1. The van der Waals surface area contributed by atoms with Crippen molar-refractivity contribution in [2.45, 2.75) is 37.3 Å². The number of hydrogen-bond donors (Lipinski definition) is 0. The van der Waals surface area contributed by atoms with Crippen molar-refractivity contribution in [3.8, 4) is 0 Å². The molecular formula is C16H20FNO2. The van der Waals surface area contributed by atoms with Crippen LogP contribution in [0.15, 0.2) is 24.3 Å². The molecule has 0 N–H and O–H groups in total. The van der Waals surface area contributed by atoms with Gasteiger partial charge < -0.3 is 4.74 Å². The highest BCUT2D eigenvalue weighted by atomic mass is 18.2. The molecule has 1 aromatic carbocycles. The zero-order chi connectivity index (χ0) is 14.3. The Morgan fingerprint density at radius 1 is 1.30 bits per heavy atom. The van der Waals surface area contributed by atoms with E-state index in [9.17, 15) is 9.18 Å². The van der Waals surface area contributed by atoms with Gasteiger partial charge in [-0.3, -0.25) is 9.69 Å². The second-order valence-corrected chi connectivity index (χ2v) is 5.91. The summed E-state index contributed by atoms with van der Waals surface area (Å²) < 4.78 is 18.1. The standard InChI is InChI=1S/C16H20FNO2/c1-18-12-7-8-14(18)15(16(19)20-2)13(9-12)10-3-5-11(17)6-4-10/h3-6,12-15H,7-9H2,1-2H3/i17-1. The molecule has 2 saturated heterocycles. The summed E-state index contributed by atoms with van der Waals surface area (Å²) in [5.41, 5.74) is 1.05. The van der Waals surface area contributed by atoms with Crippen LogP contribution in [-0.2, 0) is 9.53 Å². The average molecular weight is 276 g/mol. The molecule has 0 aliphatic carbocycles. The van der Waals surface area contributed by atoms with E-state index in [2.05, 4.69) is 11.9 Å². The van der Waals surface area contributed by atoms with Crippen molar-refractivity contribution in [3.63, 3.8) is 0 Å². The van der Waals surface area contributed by atoms with Crippen molar-refractivity contribution in [3.05, 3.63) is 35.6 Å². The third-order valence-corrected chi connectivity index (χ3v) is 5.04. The molecule has 1 aromatic rings. The number of benzene rings is 1. The number of ether oxygens (including phenoxy) is 1. The van der Waals surface area contributed by atoms with Crippen molar-refractivity contribution in [1.82, 2.24) is 4.90 Å². The molecule has 0 spiro atoms. The largest absolute Gasteiger partial charge is 0.469 e. The SMILES string of the molecule is COC(=O)C1C(c2ccc([18F])cc2)CC2CCC1N2C. The van der Waals surface area contributed by atoms with Gasteiger partial charge in [0.1, 0.15) is 5.82 Å². The van der Waals surface area contributed by atoms with Gasteiger partial charge in [-0.25, -0.2) is 4.39 Å². The molecule has 0 amide bonds. The Balaban J connectivity index is 1.95. The Bertz CT molecular complexity index is 502. The highest BCUT2D eigenvalue weighted by Gasteiger charge is 2.49. The van der Waals surface area contributed by atoms with Gasteiger partial charge in [-0.15, -0.1) is 0 Å². The van der Waals surface area contributed by atoms with E-state index in [1.165, 1.54) is 19.2 Å². The van der Waals surface area contributed by atoms with E-state index in [-0.39, 0.29) is 29.7 Å². The quantitative estimate of drug-likeness (QED) is 0.778. The normalized spacial score (nSPS) is 33.1. The van der Waals surface area contributed by atoms with Crippen LogP contribution in [0.4, 0.5) is 4.39 Å². The van der Waals surface area contributed by atoms with Gasteiger partial charge in [0.2, 0.25) is 0 Å². The van der Waals surface area contributed by atoms with E-state index in [1.54, 1.807) is 12.1 Å². The van der Waals surface area contributed by atoms with E-state index in [1.807, 2.05) is 0 Å². The molecule has 108 valence electrons. The summed E-state index contributed by atoms with van der Waals surface area (Å²) in [7, 11) is 3.55. The lowest BCUT2D eigenvalue weighted by molar-refractivity contribution is -0.150.